The minimum Gasteiger partial charge on any atom is -0.657 e. The fourth-order valence-electron chi connectivity index (χ4n) is 3.60. The van der Waals surface area contributed by atoms with Gasteiger partial charge in [-0.3, -0.25) is 4.39 Å². The molecule has 2 unspecified atom stereocenters. The van der Waals surface area contributed by atoms with Crippen molar-refractivity contribution in [1.82, 2.24) is 0 Å². The molecule has 4 aromatic rings. The van der Waals surface area contributed by atoms with Crippen LogP contribution in [-0.4, -0.2) is 6.54 Å². The largest absolute Gasteiger partial charge is 3.00 e. The molecule has 0 saturated carbocycles. The van der Waals surface area contributed by atoms with Crippen molar-refractivity contribution in [3.8, 4) is 0 Å². The molecule has 158 valence electrons. The number of rotatable bonds is 3. The van der Waals surface area contributed by atoms with E-state index in [0.29, 0.717) is 8.58 Å². The van der Waals surface area contributed by atoms with Crippen LogP contribution in [0.2, 0.25) is 0 Å². The van der Waals surface area contributed by atoms with E-state index in [1.165, 1.54) is 46.4 Å². The Morgan fingerprint density at radius 3 is 2.45 bits per heavy atom. The maximum absolute atomic E-state index is 12.6. The van der Waals surface area contributed by atoms with E-state index < -0.39 is 0 Å². The van der Waals surface area contributed by atoms with E-state index in [-0.39, 0.29) is 32.0 Å². The molecule has 0 N–H and O–H groups in total. The number of piperidine rings is 1. The first-order valence-corrected chi connectivity index (χ1v) is 11.3. The molecule has 0 aromatic heterocycles. The fraction of sp³-hybridized carbons (Fsp3) is 0.185. The quantitative estimate of drug-likeness (QED) is 0.188. The van der Waals surface area contributed by atoms with E-state index in [1.54, 1.807) is 6.07 Å². The summed E-state index contributed by atoms with van der Waals surface area (Å²) >= 11 is 0. The van der Waals surface area contributed by atoms with Crippen LogP contribution in [0.25, 0.3) is 16.1 Å². The van der Waals surface area contributed by atoms with Crippen LogP contribution in [0.4, 0.5) is 4.39 Å². The summed E-state index contributed by atoms with van der Waals surface area (Å²) in [7, 11) is 0.699. The standard InChI is InChI=1S/C16H12P.C11H12FN.Ir/c1-2-9-14(10-3-1)17-16-12-6-8-13-7-4-5-11-15(13)16;12-10-6-4-9(5-7-10)11-3-1-2-8-13-11;/h1-10,12,17H;4,6-7,11H,1-3,8H2;/q-1;-2;+3. The second-order valence-electron chi connectivity index (χ2n) is 7.31. The average Bonchev–Trinajstić information content (AvgIpc) is 2.82. The Morgan fingerprint density at radius 1 is 0.871 bits per heavy atom. The van der Waals surface area contributed by atoms with E-state index in [0.717, 1.165) is 18.5 Å². The maximum Gasteiger partial charge on any atom is 3.00 e. The van der Waals surface area contributed by atoms with Crippen molar-refractivity contribution in [3.05, 3.63) is 114 Å². The van der Waals surface area contributed by atoms with Gasteiger partial charge in [0, 0.05) is 5.82 Å². The van der Waals surface area contributed by atoms with Crippen LogP contribution in [0.3, 0.4) is 0 Å². The maximum atomic E-state index is 12.6. The number of fused-ring (bicyclic) bond motifs is 1. The molecule has 0 radical (unpaired) electrons. The fourth-order valence-corrected chi connectivity index (χ4v) is 4.79. The van der Waals surface area contributed by atoms with E-state index in [1.807, 2.05) is 12.1 Å². The summed E-state index contributed by atoms with van der Waals surface area (Å²) in [6, 6.07) is 34.4. The zero-order chi connectivity index (χ0) is 20.6. The Kier molecular flexibility index (Phi) is 9.37. The Labute approximate surface area is 199 Å². The van der Waals surface area contributed by atoms with Gasteiger partial charge in [-0.2, -0.15) is 17.7 Å². The molecule has 1 saturated heterocycles. The molecule has 2 atom stereocenters. The van der Waals surface area contributed by atoms with Crippen molar-refractivity contribution in [3.63, 3.8) is 0 Å². The molecule has 0 amide bonds. The topological polar surface area (TPSA) is 14.1 Å². The smallest absolute Gasteiger partial charge is 0.657 e. The molecule has 4 aromatic carbocycles. The van der Waals surface area contributed by atoms with Crippen molar-refractivity contribution >= 4 is 30.0 Å². The third-order valence-electron chi connectivity index (χ3n) is 5.14. The van der Waals surface area contributed by atoms with Crippen LogP contribution < -0.4 is 10.6 Å². The third-order valence-corrected chi connectivity index (χ3v) is 6.45. The monoisotopic (exact) mass is 605 g/mol. The molecule has 4 heteroatoms. The SMILES string of the molecule is Fc1c[c-]c(C2CCCC[N-]2)cc1.[Ir+3].[c-]1cccc2cccc(Pc3ccccc3)c12. The van der Waals surface area contributed by atoms with Crippen molar-refractivity contribution in [2.75, 3.05) is 6.54 Å². The number of benzene rings is 4. The molecule has 0 spiro atoms. The molecule has 1 aliphatic heterocycles. The minimum absolute atomic E-state index is 0. The first-order valence-electron chi connectivity index (χ1n) is 10.3. The molecule has 0 aliphatic carbocycles. The van der Waals surface area contributed by atoms with Gasteiger partial charge in [-0.05, 0) is 5.30 Å². The first-order chi connectivity index (χ1) is 14.8. The number of nitrogens with zero attached hydrogens (tertiary/aromatic N) is 1. The predicted octanol–water partition coefficient (Wildman–Crippen LogP) is 6.49. The Morgan fingerprint density at radius 2 is 1.71 bits per heavy atom. The molecule has 31 heavy (non-hydrogen) atoms. The van der Waals surface area contributed by atoms with Crippen molar-refractivity contribution in [2.24, 2.45) is 0 Å². The van der Waals surface area contributed by atoms with E-state index in [4.69, 9.17) is 0 Å². The Hall–Kier alpha value is -1.89. The van der Waals surface area contributed by atoms with E-state index in [9.17, 15) is 4.39 Å². The van der Waals surface area contributed by atoms with Gasteiger partial charge in [-0.15, -0.1) is 68.3 Å². The molecular formula is C27H24FIrNP. The second-order valence-corrected chi connectivity index (χ2v) is 8.68. The molecule has 1 nitrogen and oxygen atoms in total. The molecule has 0 bridgehead atoms. The van der Waals surface area contributed by atoms with Gasteiger partial charge in [0.05, 0.1) is 0 Å². The van der Waals surface area contributed by atoms with E-state index >= 15 is 0 Å². The van der Waals surface area contributed by atoms with Gasteiger partial charge >= 0.3 is 20.1 Å². The van der Waals surface area contributed by atoms with Crippen LogP contribution in [0.1, 0.15) is 30.9 Å². The number of hydrogen-bond acceptors (Lipinski definition) is 0. The zero-order valence-electron chi connectivity index (χ0n) is 17.1. The van der Waals surface area contributed by atoms with Gasteiger partial charge in [0.15, 0.2) is 0 Å². The van der Waals surface area contributed by atoms with Gasteiger partial charge in [0.25, 0.3) is 0 Å². The summed E-state index contributed by atoms with van der Waals surface area (Å²) < 4.78 is 12.6. The van der Waals surface area contributed by atoms with Crippen molar-refractivity contribution in [1.29, 1.82) is 0 Å². The van der Waals surface area contributed by atoms with Crippen LogP contribution in [0, 0.1) is 17.9 Å². The minimum atomic E-state index is -0.223. The second kappa shape index (κ2) is 12.2. The molecule has 1 aliphatic rings. The molecular weight excluding hydrogens is 580 g/mol. The summed E-state index contributed by atoms with van der Waals surface area (Å²) in [4.78, 5) is 0. The average molecular weight is 605 g/mol. The molecule has 5 rings (SSSR count). The first kappa shape index (κ1) is 23.8. The van der Waals surface area contributed by atoms with Crippen LogP contribution in [0.5, 0.6) is 0 Å². The summed E-state index contributed by atoms with van der Waals surface area (Å²) in [6.07, 6.45) is 3.50. The third kappa shape index (κ3) is 6.79. The number of halogens is 1. The number of hydrogen-bond donors (Lipinski definition) is 0. The Balaban J connectivity index is 0.000000176. The molecule has 1 fully saturated rings. The van der Waals surface area contributed by atoms with Crippen LogP contribution in [0.15, 0.2) is 84.9 Å². The van der Waals surface area contributed by atoms with Crippen LogP contribution in [-0.2, 0) is 20.1 Å². The predicted molar refractivity (Wildman–Crippen MR) is 127 cm³/mol. The molecule has 1 heterocycles. The summed E-state index contributed by atoms with van der Waals surface area (Å²) in [5, 5.41) is 9.74. The van der Waals surface area contributed by atoms with Crippen molar-refractivity contribution < 1.29 is 24.5 Å². The zero-order valence-corrected chi connectivity index (χ0v) is 20.5. The summed E-state index contributed by atoms with van der Waals surface area (Å²) in [5.41, 5.74) is 1.03. The van der Waals surface area contributed by atoms with Gasteiger partial charge in [0.1, 0.15) is 0 Å². The summed E-state index contributed by atoms with van der Waals surface area (Å²) in [5.74, 6) is -0.223. The normalized spacial score (nSPS) is 15.8. The Bertz CT molecular complexity index is 1060. The van der Waals surface area contributed by atoms with Gasteiger partial charge in [-0.1, -0.05) is 73.1 Å². The van der Waals surface area contributed by atoms with Gasteiger partial charge < -0.3 is 5.32 Å². The van der Waals surface area contributed by atoms with Crippen molar-refractivity contribution in [2.45, 2.75) is 25.3 Å². The van der Waals surface area contributed by atoms with Crippen LogP contribution >= 0.6 is 8.58 Å². The van der Waals surface area contributed by atoms with E-state index in [2.05, 4.69) is 72.0 Å². The van der Waals surface area contributed by atoms with Gasteiger partial charge in [0.2, 0.25) is 0 Å². The van der Waals surface area contributed by atoms with Gasteiger partial charge in [-0.25, -0.2) is 0 Å². The summed E-state index contributed by atoms with van der Waals surface area (Å²) in [6.45, 7) is 0.940.